The van der Waals surface area contributed by atoms with Crippen LogP contribution < -0.4 is 20.3 Å². The van der Waals surface area contributed by atoms with Crippen molar-refractivity contribution in [1.82, 2.24) is 0 Å². The van der Waals surface area contributed by atoms with Gasteiger partial charge >= 0.3 is 11.9 Å². The SMILES string of the molecule is CCOC(=O)c1cc(=O)c2c(OCC(F)COc3cccc4oc(C(=O)OCC)cc(=O)c34)cccc2o1. The van der Waals surface area contributed by atoms with Gasteiger partial charge in [0.2, 0.25) is 11.5 Å². The van der Waals surface area contributed by atoms with E-state index in [0.717, 1.165) is 12.1 Å². The number of esters is 2. The van der Waals surface area contributed by atoms with Crippen LogP contribution in [0.4, 0.5) is 4.39 Å². The lowest BCUT2D eigenvalue weighted by Crippen LogP contribution is -2.22. The number of fused-ring (bicyclic) bond motifs is 2. The Morgan fingerprint density at radius 1 is 0.763 bits per heavy atom. The number of rotatable bonds is 10. The van der Waals surface area contributed by atoms with Gasteiger partial charge in [-0.25, -0.2) is 14.0 Å². The van der Waals surface area contributed by atoms with Crippen LogP contribution >= 0.6 is 0 Å². The predicted molar refractivity (Wildman–Crippen MR) is 133 cm³/mol. The van der Waals surface area contributed by atoms with Crippen LogP contribution in [0.1, 0.15) is 35.0 Å². The van der Waals surface area contributed by atoms with E-state index in [0.29, 0.717) is 0 Å². The van der Waals surface area contributed by atoms with E-state index in [2.05, 4.69) is 0 Å². The molecule has 0 aliphatic heterocycles. The number of alkyl halides is 1. The minimum atomic E-state index is -1.66. The Balaban J connectivity index is 1.47. The average Bonchev–Trinajstić information content (AvgIpc) is 2.90. The van der Waals surface area contributed by atoms with Crippen molar-refractivity contribution < 1.29 is 41.8 Å². The van der Waals surface area contributed by atoms with Crippen LogP contribution in [-0.2, 0) is 9.47 Å². The number of ether oxygens (including phenoxy) is 4. The highest BCUT2D eigenvalue weighted by Crippen LogP contribution is 2.26. The molecule has 0 N–H and O–H groups in total. The van der Waals surface area contributed by atoms with Gasteiger partial charge in [0.25, 0.3) is 0 Å². The second-order valence-corrected chi connectivity index (χ2v) is 7.87. The number of benzene rings is 2. The first-order chi connectivity index (χ1) is 18.3. The van der Waals surface area contributed by atoms with E-state index >= 15 is 0 Å². The summed E-state index contributed by atoms with van der Waals surface area (Å²) in [5.41, 5.74) is -0.953. The lowest BCUT2D eigenvalue weighted by Gasteiger charge is -2.14. The second kappa shape index (κ2) is 11.6. The number of halogens is 1. The van der Waals surface area contributed by atoms with Crippen molar-refractivity contribution in [2.24, 2.45) is 0 Å². The van der Waals surface area contributed by atoms with Gasteiger partial charge in [0.05, 0.1) is 13.2 Å². The summed E-state index contributed by atoms with van der Waals surface area (Å²) in [5.74, 6) is -1.95. The lowest BCUT2D eigenvalue weighted by atomic mass is 10.2. The fourth-order valence-corrected chi connectivity index (χ4v) is 3.61. The maximum atomic E-state index is 14.7. The van der Waals surface area contributed by atoms with Crippen LogP contribution in [0.5, 0.6) is 11.5 Å². The Morgan fingerprint density at radius 2 is 1.18 bits per heavy atom. The van der Waals surface area contributed by atoms with Crippen LogP contribution in [0.3, 0.4) is 0 Å². The van der Waals surface area contributed by atoms with Crippen molar-refractivity contribution in [1.29, 1.82) is 0 Å². The topological polar surface area (TPSA) is 131 Å². The molecule has 198 valence electrons. The summed E-state index contributed by atoms with van der Waals surface area (Å²) in [6.07, 6.45) is -1.66. The number of carbonyl (C=O) groups is 2. The fraction of sp³-hybridized carbons (Fsp3) is 0.259. The first kappa shape index (κ1) is 26.4. The molecule has 2 heterocycles. The Bertz CT molecular complexity index is 1480. The van der Waals surface area contributed by atoms with Crippen LogP contribution in [0.2, 0.25) is 0 Å². The highest BCUT2D eigenvalue weighted by molar-refractivity contribution is 5.91. The highest BCUT2D eigenvalue weighted by Gasteiger charge is 2.19. The van der Waals surface area contributed by atoms with Crippen LogP contribution in [0, 0.1) is 0 Å². The van der Waals surface area contributed by atoms with Crippen molar-refractivity contribution >= 4 is 33.9 Å². The lowest BCUT2D eigenvalue weighted by molar-refractivity contribution is 0.0482. The average molecular weight is 526 g/mol. The molecule has 4 rings (SSSR count). The van der Waals surface area contributed by atoms with Crippen molar-refractivity contribution in [3.05, 3.63) is 80.5 Å². The zero-order valence-electron chi connectivity index (χ0n) is 20.5. The standard InChI is InChI=1S/C27H23FO10/c1-3-33-26(31)22-11-16(29)24-18(7-5-9-20(24)37-22)35-13-15(28)14-36-19-8-6-10-21-25(19)17(30)12-23(38-21)27(32)34-4-2/h5-12,15H,3-4,13-14H2,1-2H3. The Labute approximate surface area is 214 Å². The van der Waals surface area contributed by atoms with Crippen molar-refractivity contribution in [2.75, 3.05) is 26.4 Å². The highest BCUT2D eigenvalue weighted by atomic mass is 19.1. The van der Waals surface area contributed by atoms with Crippen LogP contribution in [0.25, 0.3) is 21.9 Å². The molecule has 0 saturated carbocycles. The van der Waals surface area contributed by atoms with Gasteiger partial charge in [-0.3, -0.25) is 9.59 Å². The summed E-state index contributed by atoms with van der Waals surface area (Å²) in [5, 5.41) is 0.0791. The Morgan fingerprint density at radius 3 is 1.58 bits per heavy atom. The zero-order chi connectivity index (χ0) is 27.2. The fourth-order valence-electron chi connectivity index (χ4n) is 3.61. The van der Waals surface area contributed by atoms with Gasteiger partial charge in [-0.1, -0.05) is 12.1 Å². The second-order valence-electron chi connectivity index (χ2n) is 7.87. The summed E-state index contributed by atoms with van der Waals surface area (Å²) >= 11 is 0. The normalized spacial score (nSPS) is 11.1. The van der Waals surface area contributed by atoms with Crippen molar-refractivity contribution in [3.63, 3.8) is 0 Å². The summed E-state index contributed by atoms with van der Waals surface area (Å²) in [6, 6.07) is 10.9. The molecule has 2 aromatic carbocycles. The quantitative estimate of drug-likeness (QED) is 0.279. The van der Waals surface area contributed by atoms with Gasteiger partial charge in [-0.2, -0.15) is 0 Å². The number of hydrogen-bond acceptors (Lipinski definition) is 10. The summed E-state index contributed by atoms with van der Waals surface area (Å²) < 4.78 is 46.4. The van der Waals surface area contributed by atoms with E-state index in [9.17, 15) is 23.6 Å². The molecule has 0 radical (unpaired) electrons. The van der Waals surface area contributed by atoms with Gasteiger partial charge < -0.3 is 27.8 Å². The van der Waals surface area contributed by atoms with Gasteiger partial charge in [0.1, 0.15) is 46.7 Å². The summed E-state index contributed by atoms with van der Waals surface area (Å²) in [6.45, 7) is 2.51. The summed E-state index contributed by atoms with van der Waals surface area (Å²) in [7, 11) is 0. The van der Waals surface area contributed by atoms with Gasteiger partial charge in [0, 0.05) is 12.1 Å². The third kappa shape index (κ3) is 5.66. The molecule has 0 bridgehead atoms. The minimum absolute atomic E-state index is 0.0396. The van der Waals surface area contributed by atoms with Crippen molar-refractivity contribution in [3.8, 4) is 11.5 Å². The van der Waals surface area contributed by atoms with E-state index in [1.54, 1.807) is 13.8 Å². The predicted octanol–water partition coefficient (Wildman–Crippen LogP) is 4.05. The monoisotopic (exact) mass is 526 g/mol. The van der Waals surface area contributed by atoms with Gasteiger partial charge in [-0.05, 0) is 38.1 Å². The first-order valence-electron chi connectivity index (χ1n) is 11.7. The molecule has 0 unspecified atom stereocenters. The van der Waals surface area contributed by atoms with Crippen molar-refractivity contribution in [2.45, 2.75) is 20.0 Å². The molecule has 0 aliphatic carbocycles. The first-order valence-corrected chi connectivity index (χ1v) is 11.7. The Kier molecular flexibility index (Phi) is 8.05. The van der Waals surface area contributed by atoms with E-state index in [1.807, 2.05) is 0 Å². The minimum Gasteiger partial charge on any atom is -0.489 e. The molecule has 10 nitrogen and oxygen atoms in total. The van der Waals surface area contributed by atoms with E-state index in [-0.39, 0.29) is 58.2 Å². The molecule has 0 saturated heterocycles. The molecular weight excluding hydrogens is 503 g/mol. The molecule has 11 heteroatoms. The largest absolute Gasteiger partial charge is 0.489 e. The van der Waals surface area contributed by atoms with E-state index in [1.165, 1.54) is 36.4 Å². The molecule has 0 spiro atoms. The molecule has 0 fully saturated rings. The van der Waals surface area contributed by atoms with E-state index in [4.69, 9.17) is 27.8 Å². The smallest absolute Gasteiger partial charge is 0.374 e. The van der Waals surface area contributed by atoms with Gasteiger partial charge in [0.15, 0.2) is 17.0 Å². The molecule has 4 aromatic rings. The number of carbonyl (C=O) groups excluding carboxylic acids is 2. The zero-order valence-corrected chi connectivity index (χ0v) is 20.5. The molecule has 2 aromatic heterocycles. The van der Waals surface area contributed by atoms with E-state index < -0.39 is 42.2 Å². The molecule has 0 amide bonds. The molecule has 38 heavy (non-hydrogen) atoms. The maximum absolute atomic E-state index is 14.7. The Hall–Kier alpha value is -4.67. The molecule has 0 atom stereocenters. The maximum Gasteiger partial charge on any atom is 0.374 e. The molecule has 0 aliphatic rings. The van der Waals surface area contributed by atoms with Crippen LogP contribution in [0.15, 0.2) is 67.0 Å². The number of hydrogen-bond donors (Lipinski definition) is 0. The third-order valence-electron chi connectivity index (χ3n) is 5.23. The van der Waals surface area contributed by atoms with Gasteiger partial charge in [-0.15, -0.1) is 0 Å². The molecular formula is C27H23FO10. The summed E-state index contributed by atoms with van der Waals surface area (Å²) in [4.78, 5) is 49.0. The third-order valence-corrected chi connectivity index (χ3v) is 5.23. The van der Waals surface area contributed by atoms with Crippen LogP contribution in [-0.4, -0.2) is 44.5 Å².